The first-order chi connectivity index (χ1) is 10.2. The van der Waals surface area contributed by atoms with Crippen LogP contribution in [0.5, 0.6) is 0 Å². The van der Waals surface area contributed by atoms with Gasteiger partial charge in [-0.3, -0.25) is 4.99 Å². The van der Waals surface area contributed by atoms with E-state index in [1.54, 1.807) is 0 Å². The highest BCUT2D eigenvalue weighted by molar-refractivity contribution is 6.08. The van der Waals surface area contributed by atoms with Crippen molar-refractivity contribution < 1.29 is 8.78 Å². The van der Waals surface area contributed by atoms with Crippen LogP contribution in [0.2, 0.25) is 0 Å². The van der Waals surface area contributed by atoms with E-state index in [1.807, 2.05) is 39.6 Å². The Bertz CT molecular complexity index is 604. The molecule has 122 valence electrons. The van der Waals surface area contributed by atoms with Gasteiger partial charge >= 0.3 is 0 Å². The molecule has 0 saturated heterocycles. The van der Waals surface area contributed by atoms with Gasteiger partial charge < -0.3 is 4.90 Å². The predicted molar refractivity (Wildman–Crippen MR) is 88.9 cm³/mol. The Hall–Kier alpha value is -1.45. The number of aliphatic imine (C=N–C) groups is 1. The number of hydrogen-bond donors (Lipinski definition) is 0. The molecule has 0 fully saturated rings. The number of hydrogen-bond acceptors (Lipinski definition) is 2. The summed E-state index contributed by atoms with van der Waals surface area (Å²) < 4.78 is 29.4. The summed E-state index contributed by atoms with van der Waals surface area (Å²) in [7, 11) is 1.84. The Morgan fingerprint density at radius 2 is 1.64 bits per heavy atom. The Kier molecular flexibility index (Phi) is 4.59. The van der Waals surface area contributed by atoms with Crippen molar-refractivity contribution in [1.82, 2.24) is 0 Å². The second-order valence-corrected chi connectivity index (χ2v) is 7.07. The fourth-order valence-electron chi connectivity index (χ4n) is 3.18. The molecule has 0 radical (unpaired) electrons. The topological polar surface area (TPSA) is 15.6 Å². The van der Waals surface area contributed by atoms with Crippen LogP contribution in [-0.2, 0) is 0 Å². The maximum Gasteiger partial charge on any atom is 0.153 e. The Balaban J connectivity index is 2.76. The molecule has 2 nitrogen and oxygen atoms in total. The fourth-order valence-corrected chi connectivity index (χ4v) is 3.18. The highest BCUT2D eigenvalue weighted by Gasteiger charge is 2.33. The molecule has 2 rings (SSSR count). The predicted octanol–water partition coefficient (Wildman–Crippen LogP) is 4.97. The van der Waals surface area contributed by atoms with Crippen LogP contribution in [0.15, 0.2) is 11.1 Å². The number of rotatable bonds is 3. The minimum atomic E-state index is -0.476. The van der Waals surface area contributed by atoms with E-state index in [-0.39, 0.29) is 29.5 Å². The highest BCUT2D eigenvalue weighted by Crippen LogP contribution is 2.38. The summed E-state index contributed by atoms with van der Waals surface area (Å²) in [6.45, 7) is 11.8. The van der Waals surface area contributed by atoms with Crippen LogP contribution in [0, 0.1) is 23.5 Å². The van der Waals surface area contributed by atoms with Crippen LogP contribution in [0.3, 0.4) is 0 Å². The minimum absolute atomic E-state index is 0.120. The summed E-state index contributed by atoms with van der Waals surface area (Å²) in [6.07, 6.45) is -0.120. The van der Waals surface area contributed by atoms with Gasteiger partial charge in [-0.05, 0) is 23.8 Å². The van der Waals surface area contributed by atoms with E-state index in [0.717, 1.165) is 5.71 Å². The second kappa shape index (κ2) is 5.98. The van der Waals surface area contributed by atoms with E-state index < -0.39 is 11.6 Å². The summed E-state index contributed by atoms with van der Waals surface area (Å²) >= 11 is 0. The molecule has 0 N–H and O–H groups in total. The first-order valence-corrected chi connectivity index (χ1v) is 7.99. The van der Waals surface area contributed by atoms with Crippen LogP contribution in [-0.4, -0.2) is 18.9 Å². The van der Waals surface area contributed by atoms with Gasteiger partial charge in [0.2, 0.25) is 0 Å². The van der Waals surface area contributed by atoms with Crippen molar-refractivity contribution in [2.24, 2.45) is 16.8 Å². The molecule has 0 aliphatic carbocycles. The molecule has 1 aromatic rings. The molecule has 1 aliphatic rings. The van der Waals surface area contributed by atoms with Crippen LogP contribution < -0.4 is 4.90 Å². The van der Waals surface area contributed by atoms with Gasteiger partial charge in [0.15, 0.2) is 5.82 Å². The summed E-state index contributed by atoms with van der Waals surface area (Å²) in [5.41, 5.74) is 2.04. The van der Waals surface area contributed by atoms with Crippen LogP contribution in [0.4, 0.5) is 14.5 Å². The third-order valence-corrected chi connectivity index (χ3v) is 4.25. The summed E-state index contributed by atoms with van der Waals surface area (Å²) in [5, 5.41) is 0. The molecule has 1 aromatic carbocycles. The molecule has 1 aliphatic heterocycles. The van der Waals surface area contributed by atoms with Gasteiger partial charge in [0, 0.05) is 23.9 Å². The molecule has 1 atom stereocenters. The van der Waals surface area contributed by atoms with Gasteiger partial charge in [0.25, 0.3) is 0 Å². The van der Waals surface area contributed by atoms with E-state index in [2.05, 4.69) is 13.8 Å². The van der Waals surface area contributed by atoms with Gasteiger partial charge in [0.1, 0.15) is 12.0 Å². The van der Waals surface area contributed by atoms with E-state index in [4.69, 9.17) is 4.99 Å². The van der Waals surface area contributed by atoms with Gasteiger partial charge in [-0.25, -0.2) is 8.78 Å². The fraction of sp³-hybridized carbons (Fsp3) is 0.611. The van der Waals surface area contributed by atoms with E-state index in [1.165, 1.54) is 6.07 Å². The van der Waals surface area contributed by atoms with Gasteiger partial charge in [-0.2, -0.15) is 0 Å². The lowest BCUT2D eigenvalue weighted by molar-refractivity contribution is 0.468. The number of fused-ring (bicyclic) bond motifs is 1. The molecule has 22 heavy (non-hydrogen) atoms. The van der Waals surface area contributed by atoms with Gasteiger partial charge in [-0.15, -0.1) is 0 Å². The van der Waals surface area contributed by atoms with E-state index in [9.17, 15) is 4.39 Å². The second-order valence-electron chi connectivity index (χ2n) is 7.07. The number of anilines is 1. The average Bonchev–Trinajstić information content (AvgIpc) is 2.36. The molecular formula is C18H26F2N2. The first kappa shape index (κ1) is 16.9. The van der Waals surface area contributed by atoms with Crippen LogP contribution in [0.25, 0.3) is 0 Å². The quantitative estimate of drug-likeness (QED) is 0.770. The van der Waals surface area contributed by atoms with Gasteiger partial charge in [-0.1, -0.05) is 41.5 Å². The Morgan fingerprint density at radius 3 is 2.09 bits per heavy atom. The molecule has 0 bridgehead atoms. The molecule has 0 spiro atoms. The molecule has 0 aromatic heterocycles. The van der Waals surface area contributed by atoms with Crippen molar-refractivity contribution in [3.63, 3.8) is 0 Å². The third-order valence-electron chi connectivity index (χ3n) is 4.25. The lowest BCUT2D eigenvalue weighted by Crippen LogP contribution is -2.41. The lowest BCUT2D eigenvalue weighted by atomic mass is 9.90. The SMILES string of the molecule is CC(C)C1=NC(C(C)C)N(C)c2c1cc(F)c(C(C)C)c2F. The third kappa shape index (κ3) is 2.64. The summed E-state index contributed by atoms with van der Waals surface area (Å²) in [4.78, 5) is 6.62. The minimum Gasteiger partial charge on any atom is -0.350 e. The zero-order valence-electron chi connectivity index (χ0n) is 14.5. The summed E-state index contributed by atoms with van der Waals surface area (Å²) in [6, 6.07) is 1.46. The Morgan fingerprint density at radius 1 is 1.05 bits per heavy atom. The average molecular weight is 308 g/mol. The largest absolute Gasteiger partial charge is 0.350 e. The molecular weight excluding hydrogens is 282 g/mol. The van der Waals surface area contributed by atoms with Gasteiger partial charge in [0.05, 0.1) is 5.69 Å². The number of nitrogens with zero attached hydrogens (tertiary/aromatic N) is 2. The van der Waals surface area contributed by atoms with Crippen molar-refractivity contribution >= 4 is 11.4 Å². The van der Waals surface area contributed by atoms with Crippen molar-refractivity contribution in [3.8, 4) is 0 Å². The molecule has 1 heterocycles. The highest BCUT2D eigenvalue weighted by atomic mass is 19.1. The number of halogens is 2. The summed E-state index contributed by atoms with van der Waals surface area (Å²) in [5.74, 6) is -0.740. The van der Waals surface area contributed by atoms with Crippen LogP contribution in [0.1, 0.15) is 58.6 Å². The van der Waals surface area contributed by atoms with Crippen LogP contribution >= 0.6 is 0 Å². The van der Waals surface area contributed by atoms with Crippen molar-refractivity contribution in [2.45, 2.75) is 53.6 Å². The van der Waals surface area contributed by atoms with Crippen molar-refractivity contribution in [2.75, 3.05) is 11.9 Å². The number of benzene rings is 1. The molecule has 4 heteroatoms. The maximum absolute atomic E-state index is 15.1. The van der Waals surface area contributed by atoms with E-state index in [0.29, 0.717) is 11.3 Å². The Labute approximate surface area is 132 Å². The maximum atomic E-state index is 15.1. The molecule has 1 unspecified atom stereocenters. The first-order valence-electron chi connectivity index (χ1n) is 7.99. The normalized spacial score (nSPS) is 18.3. The van der Waals surface area contributed by atoms with Crippen molar-refractivity contribution in [3.05, 3.63) is 28.8 Å². The zero-order chi connectivity index (χ0) is 16.8. The lowest BCUT2D eigenvalue weighted by Gasteiger charge is -2.38. The zero-order valence-corrected chi connectivity index (χ0v) is 14.5. The molecule has 0 saturated carbocycles. The molecule has 0 amide bonds. The smallest absolute Gasteiger partial charge is 0.153 e. The standard InChI is InChI=1S/C18H26F2N2/c1-9(2)14-13(19)8-12-16(10(3)4)21-18(11(5)6)22(7)17(12)15(14)20/h8-11,18H,1-7H3. The van der Waals surface area contributed by atoms with Crippen molar-refractivity contribution in [1.29, 1.82) is 0 Å². The monoisotopic (exact) mass is 308 g/mol. The van der Waals surface area contributed by atoms with E-state index >= 15 is 4.39 Å².